The van der Waals surface area contributed by atoms with Gasteiger partial charge in [-0.25, -0.2) is 5.01 Å². The average Bonchev–Trinajstić information content (AvgIpc) is 2.03. The van der Waals surface area contributed by atoms with Crippen LogP contribution in [0.5, 0.6) is 5.75 Å². The van der Waals surface area contributed by atoms with E-state index in [4.69, 9.17) is 5.11 Å². The van der Waals surface area contributed by atoms with Crippen molar-refractivity contribution in [2.24, 2.45) is 0 Å². The van der Waals surface area contributed by atoms with Crippen LogP contribution in [-0.2, 0) is 0 Å². The summed E-state index contributed by atoms with van der Waals surface area (Å²) >= 11 is 0. The van der Waals surface area contributed by atoms with E-state index in [1.54, 1.807) is 31.2 Å². The molecule has 0 aromatic heterocycles. The molecule has 0 unspecified atom stereocenters. The molecule has 0 spiro atoms. The van der Waals surface area contributed by atoms with Gasteiger partial charge < -0.3 is 5.11 Å². The highest BCUT2D eigenvalue weighted by molar-refractivity contribution is 5.94. The number of carbonyl (C=O) groups excluding carboxylic acids is 1. The molecule has 0 bridgehead atoms. The van der Waals surface area contributed by atoms with Crippen LogP contribution in [0.15, 0.2) is 24.3 Å². The van der Waals surface area contributed by atoms with Gasteiger partial charge in [-0.05, 0) is 18.2 Å². The standard InChI is InChI=1S/C9H12N2O2/c1-11(2)10-9(13)7-4-3-5-8(12)6-7/h3-6,12H,1-2H3,(H,10,13). The highest BCUT2D eigenvalue weighted by atomic mass is 16.3. The summed E-state index contributed by atoms with van der Waals surface area (Å²) in [5.41, 5.74) is 3.01. The lowest BCUT2D eigenvalue weighted by atomic mass is 10.2. The van der Waals surface area contributed by atoms with Crippen molar-refractivity contribution in [3.8, 4) is 5.75 Å². The molecule has 2 N–H and O–H groups in total. The Hall–Kier alpha value is -1.55. The van der Waals surface area contributed by atoms with Crippen LogP contribution in [0.4, 0.5) is 0 Å². The van der Waals surface area contributed by atoms with Crippen LogP contribution >= 0.6 is 0 Å². The van der Waals surface area contributed by atoms with Crippen molar-refractivity contribution in [1.29, 1.82) is 0 Å². The van der Waals surface area contributed by atoms with Crippen molar-refractivity contribution in [2.45, 2.75) is 0 Å². The summed E-state index contributed by atoms with van der Waals surface area (Å²) in [6, 6.07) is 6.20. The SMILES string of the molecule is CN(C)NC(=O)c1cccc(O)c1. The first kappa shape index (κ1) is 9.54. The molecular weight excluding hydrogens is 168 g/mol. The third kappa shape index (κ3) is 2.76. The van der Waals surface area contributed by atoms with Crippen molar-refractivity contribution >= 4 is 5.91 Å². The molecule has 0 aliphatic rings. The van der Waals surface area contributed by atoms with Gasteiger partial charge in [-0.15, -0.1) is 0 Å². The predicted molar refractivity (Wildman–Crippen MR) is 49.3 cm³/mol. The van der Waals surface area contributed by atoms with Gasteiger partial charge in [0.2, 0.25) is 0 Å². The van der Waals surface area contributed by atoms with E-state index in [1.807, 2.05) is 0 Å². The molecule has 4 heteroatoms. The number of aromatic hydroxyl groups is 1. The Morgan fingerprint density at radius 3 is 2.69 bits per heavy atom. The molecule has 0 heterocycles. The molecule has 0 fully saturated rings. The lowest BCUT2D eigenvalue weighted by Crippen LogP contribution is -2.36. The molecule has 1 aromatic rings. The fourth-order valence-electron chi connectivity index (χ4n) is 0.915. The van der Waals surface area contributed by atoms with Gasteiger partial charge in [0.25, 0.3) is 5.91 Å². The second-order valence-corrected chi connectivity index (χ2v) is 2.89. The van der Waals surface area contributed by atoms with Gasteiger partial charge >= 0.3 is 0 Å². The second-order valence-electron chi connectivity index (χ2n) is 2.89. The second kappa shape index (κ2) is 3.91. The molecule has 0 atom stereocenters. The van der Waals surface area contributed by atoms with Gasteiger partial charge in [-0.3, -0.25) is 10.2 Å². The van der Waals surface area contributed by atoms with Crippen molar-refractivity contribution in [3.63, 3.8) is 0 Å². The van der Waals surface area contributed by atoms with Crippen molar-refractivity contribution < 1.29 is 9.90 Å². The number of rotatable bonds is 2. The van der Waals surface area contributed by atoms with Crippen molar-refractivity contribution in [3.05, 3.63) is 29.8 Å². The molecule has 0 aliphatic heterocycles. The van der Waals surface area contributed by atoms with Crippen LogP contribution in [0.1, 0.15) is 10.4 Å². The fraction of sp³-hybridized carbons (Fsp3) is 0.222. The highest BCUT2D eigenvalue weighted by Crippen LogP contribution is 2.10. The number of nitrogens with zero attached hydrogens (tertiary/aromatic N) is 1. The Bertz CT molecular complexity index is 310. The summed E-state index contributed by atoms with van der Waals surface area (Å²) in [5.74, 6) is -0.146. The fourth-order valence-corrected chi connectivity index (χ4v) is 0.915. The topological polar surface area (TPSA) is 52.6 Å². The average molecular weight is 180 g/mol. The number of nitrogens with one attached hydrogen (secondary N) is 1. The van der Waals surface area contributed by atoms with Crippen molar-refractivity contribution in [2.75, 3.05) is 14.1 Å². The normalized spacial score (nSPS) is 10.1. The minimum atomic E-state index is -0.235. The van der Waals surface area contributed by atoms with E-state index < -0.39 is 0 Å². The number of hydrazine groups is 1. The van der Waals surface area contributed by atoms with Crippen LogP contribution in [-0.4, -0.2) is 30.1 Å². The molecular formula is C9H12N2O2. The molecule has 1 aromatic carbocycles. The molecule has 0 aliphatic carbocycles. The van der Waals surface area contributed by atoms with Gasteiger partial charge in [-0.1, -0.05) is 6.07 Å². The van der Waals surface area contributed by atoms with Crippen LogP contribution in [0.25, 0.3) is 0 Å². The van der Waals surface area contributed by atoms with Gasteiger partial charge in [0.05, 0.1) is 0 Å². The molecule has 1 rings (SSSR count). The summed E-state index contributed by atoms with van der Waals surface area (Å²) in [7, 11) is 3.45. The number of hydrogen-bond acceptors (Lipinski definition) is 3. The molecule has 1 amide bonds. The summed E-state index contributed by atoms with van der Waals surface area (Å²) in [5, 5.41) is 10.7. The van der Waals surface area contributed by atoms with E-state index in [1.165, 1.54) is 12.1 Å². The molecule has 13 heavy (non-hydrogen) atoms. The first-order chi connectivity index (χ1) is 6.09. The van der Waals surface area contributed by atoms with Gasteiger partial charge in [0.15, 0.2) is 0 Å². The van der Waals surface area contributed by atoms with Gasteiger partial charge in [-0.2, -0.15) is 0 Å². The number of hydrogen-bond donors (Lipinski definition) is 2. The first-order valence-corrected chi connectivity index (χ1v) is 3.87. The molecule has 4 nitrogen and oxygen atoms in total. The lowest BCUT2D eigenvalue weighted by molar-refractivity contribution is 0.0856. The smallest absolute Gasteiger partial charge is 0.265 e. The Labute approximate surface area is 76.8 Å². The predicted octanol–water partition coefficient (Wildman–Crippen LogP) is 0.599. The van der Waals surface area contributed by atoms with E-state index in [-0.39, 0.29) is 11.7 Å². The number of benzene rings is 1. The lowest BCUT2D eigenvalue weighted by Gasteiger charge is -2.11. The Morgan fingerprint density at radius 1 is 1.46 bits per heavy atom. The molecule has 0 saturated heterocycles. The van der Waals surface area contributed by atoms with Gasteiger partial charge in [0.1, 0.15) is 5.75 Å². The first-order valence-electron chi connectivity index (χ1n) is 3.87. The molecule has 0 saturated carbocycles. The highest BCUT2D eigenvalue weighted by Gasteiger charge is 2.05. The molecule has 70 valence electrons. The van der Waals surface area contributed by atoms with Crippen LogP contribution in [0.3, 0.4) is 0 Å². The number of carbonyl (C=O) groups is 1. The zero-order valence-corrected chi connectivity index (χ0v) is 7.61. The van der Waals surface area contributed by atoms with E-state index in [0.29, 0.717) is 5.56 Å². The summed E-state index contributed by atoms with van der Waals surface area (Å²) < 4.78 is 0. The third-order valence-corrected chi connectivity index (χ3v) is 1.43. The Balaban J connectivity index is 2.77. The zero-order valence-electron chi connectivity index (χ0n) is 7.61. The number of phenolic OH excluding ortho intramolecular Hbond substituents is 1. The summed E-state index contributed by atoms with van der Waals surface area (Å²) in [6.07, 6.45) is 0. The zero-order chi connectivity index (χ0) is 9.84. The monoisotopic (exact) mass is 180 g/mol. The van der Waals surface area contributed by atoms with E-state index >= 15 is 0 Å². The van der Waals surface area contributed by atoms with Crippen molar-refractivity contribution in [1.82, 2.24) is 10.4 Å². The van der Waals surface area contributed by atoms with Crippen LogP contribution in [0.2, 0.25) is 0 Å². The van der Waals surface area contributed by atoms with Crippen LogP contribution in [0, 0.1) is 0 Å². The maximum Gasteiger partial charge on any atom is 0.265 e. The van der Waals surface area contributed by atoms with Gasteiger partial charge in [0, 0.05) is 19.7 Å². The summed E-state index contributed by atoms with van der Waals surface area (Å²) in [4.78, 5) is 11.3. The van der Waals surface area contributed by atoms with E-state index in [0.717, 1.165) is 0 Å². The Kier molecular flexibility index (Phi) is 2.87. The van der Waals surface area contributed by atoms with Crippen LogP contribution < -0.4 is 5.43 Å². The largest absolute Gasteiger partial charge is 0.508 e. The minimum absolute atomic E-state index is 0.0893. The minimum Gasteiger partial charge on any atom is -0.508 e. The summed E-state index contributed by atoms with van der Waals surface area (Å²) in [6.45, 7) is 0. The van der Waals surface area contributed by atoms with E-state index in [2.05, 4.69) is 5.43 Å². The van der Waals surface area contributed by atoms with E-state index in [9.17, 15) is 4.79 Å². The maximum absolute atomic E-state index is 11.3. The Morgan fingerprint density at radius 2 is 2.15 bits per heavy atom. The quantitative estimate of drug-likeness (QED) is 0.655. The maximum atomic E-state index is 11.3. The third-order valence-electron chi connectivity index (χ3n) is 1.43. The number of amides is 1. The number of phenols is 1. The molecule has 0 radical (unpaired) electrons.